The largest absolute Gasteiger partial charge is 0.340 e. The summed E-state index contributed by atoms with van der Waals surface area (Å²) in [5, 5.41) is 10.6. The Bertz CT molecular complexity index is 1390. The third-order valence-electron chi connectivity index (χ3n) is 5.18. The second-order valence-corrected chi connectivity index (χ2v) is 7.07. The molecule has 0 radical (unpaired) electrons. The number of carbonyl (C=O) groups excluding carboxylic acids is 1. The molecule has 0 aliphatic carbocycles. The van der Waals surface area contributed by atoms with Gasteiger partial charge in [-0.3, -0.25) is 9.89 Å². The van der Waals surface area contributed by atoms with Gasteiger partial charge in [-0.2, -0.15) is 5.10 Å². The average Bonchev–Trinajstić information content (AvgIpc) is 3.43. The molecule has 0 saturated carbocycles. The van der Waals surface area contributed by atoms with Gasteiger partial charge in [0.1, 0.15) is 5.82 Å². The summed E-state index contributed by atoms with van der Waals surface area (Å²) in [6.07, 6.45) is 5.87. The molecular weight excluding hydrogens is 395 g/mol. The van der Waals surface area contributed by atoms with Crippen LogP contribution in [0.5, 0.6) is 0 Å². The van der Waals surface area contributed by atoms with Crippen LogP contribution in [0, 0.1) is 5.82 Å². The standard InChI is InChI=1S/C23H17FN6O/c1-30-18(13-31)10-15-4-7-19(21(24)22(15)30)23-25-9-8-20(29-23)28-17-5-2-14(3-6-17)16-11-26-27-12-16/h2-13H,1H3,(H,26,27)(H,25,28,29). The number of nitrogens with zero attached hydrogens (tertiary/aromatic N) is 4. The Morgan fingerprint density at radius 1 is 1.10 bits per heavy atom. The van der Waals surface area contributed by atoms with Crippen molar-refractivity contribution >= 4 is 28.7 Å². The number of aldehydes is 1. The number of nitrogens with one attached hydrogen (secondary N) is 2. The molecule has 0 fully saturated rings. The zero-order valence-corrected chi connectivity index (χ0v) is 16.5. The van der Waals surface area contributed by atoms with Crippen LogP contribution < -0.4 is 5.32 Å². The monoisotopic (exact) mass is 412 g/mol. The summed E-state index contributed by atoms with van der Waals surface area (Å²) in [6, 6.07) is 14.6. The van der Waals surface area contributed by atoms with Gasteiger partial charge in [-0.05, 0) is 35.9 Å². The van der Waals surface area contributed by atoms with Crippen LogP contribution in [0.1, 0.15) is 10.5 Å². The quantitative estimate of drug-likeness (QED) is 0.408. The fourth-order valence-corrected chi connectivity index (χ4v) is 3.57. The van der Waals surface area contributed by atoms with Gasteiger partial charge in [-0.15, -0.1) is 0 Å². The normalized spacial score (nSPS) is 11.0. The molecule has 0 atom stereocenters. The van der Waals surface area contributed by atoms with Crippen LogP contribution >= 0.6 is 0 Å². The number of fused-ring (bicyclic) bond motifs is 1. The molecule has 3 aromatic heterocycles. The maximum Gasteiger partial charge on any atom is 0.166 e. The number of aromatic nitrogens is 5. The van der Waals surface area contributed by atoms with Crippen LogP contribution in [-0.4, -0.2) is 31.0 Å². The highest BCUT2D eigenvalue weighted by molar-refractivity contribution is 5.91. The molecule has 0 aliphatic rings. The molecule has 152 valence electrons. The van der Waals surface area contributed by atoms with Crippen LogP contribution in [0.25, 0.3) is 33.4 Å². The van der Waals surface area contributed by atoms with E-state index in [1.54, 1.807) is 43.7 Å². The molecule has 0 saturated heterocycles. The molecule has 2 N–H and O–H groups in total. The smallest absolute Gasteiger partial charge is 0.166 e. The van der Waals surface area contributed by atoms with Crippen molar-refractivity contribution in [2.75, 3.05) is 5.32 Å². The number of carbonyl (C=O) groups is 1. The molecule has 0 aliphatic heterocycles. The van der Waals surface area contributed by atoms with Crippen LogP contribution in [0.4, 0.5) is 15.9 Å². The van der Waals surface area contributed by atoms with Crippen LogP contribution in [0.2, 0.25) is 0 Å². The van der Waals surface area contributed by atoms with E-state index in [0.29, 0.717) is 28.7 Å². The second-order valence-electron chi connectivity index (χ2n) is 7.07. The molecule has 3 heterocycles. The van der Waals surface area contributed by atoms with E-state index >= 15 is 4.39 Å². The van der Waals surface area contributed by atoms with Crippen molar-refractivity contribution < 1.29 is 9.18 Å². The summed E-state index contributed by atoms with van der Waals surface area (Å²) in [7, 11) is 1.66. The molecule has 0 amide bonds. The molecule has 7 nitrogen and oxygen atoms in total. The molecule has 0 spiro atoms. The Kier molecular flexibility index (Phi) is 4.51. The molecule has 0 unspecified atom stereocenters. The lowest BCUT2D eigenvalue weighted by Crippen LogP contribution is -2.00. The first kappa shape index (κ1) is 18.7. The molecule has 8 heteroatoms. The first-order chi connectivity index (χ1) is 15.1. The van der Waals surface area contributed by atoms with E-state index in [-0.39, 0.29) is 11.4 Å². The number of H-pyrrole nitrogens is 1. The molecule has 31 heavy (non-hydrogen) atoms. The van der Waals surface area contributed by atoms with Gasteiger partial charge in [0.2, 0.25) is 0 Å². The lowest BCUT2D eigenvalue weighted by Gasteiger charge is -2.09. The first-order valence-corrected chi connectivity index (χ1v) is 9.57. The van der Waals surface area contributed by atoms with Gasteiger partial charge in [0.05, 0.1) is 23.0 Å². The highest BCUT2D eigenvalue weighted by atomic mass is 19.1. The topological polar surface area (TPSA) is 88.5 Å². The number of halogens is 1. The highest BCUT2D eigenvalue weighted by Crippen LogP contribution is 2.29. The van der Waals surface area contributed by atoms with Crippen molar-refractivity contribution in [3.05, 3.63) is 78.6 Å². The van der Waals surface area contributed by atoms with E-state index in [2.05, 4.69) is 25.5 Å². The minimum Gasteiger partial charge on any atom is -0.340 e. The maximum absolute atomic E-state index is 15.3. The van der Waals surface area contributed by atoms with E-state index < -0.39 is 5.82 Å². The Hall–Kier alpha value is -4.33. The minimum absolute atomic E-state index is 0.258. The summed E-state index contributed by atoms with van der Waals surface area (Å²) in [5.74, 6) is 0.337. The van der Waals surface area contributed by atoms with Gasteiger partial charge in [0.25, 0.3) is 0 Å². The van der Waals surface area contributed by atoms with Gasteiger partial charge in [0, 0.05) is 36.1 Å². The van der Waals surface area contributed by atoms with E-state index in [4.69, 9.17) is 0 Å². The Balaban J connectivity index is 1.46. The minimum atomic E-state index is -0.463. The summed E-state index contributed by atoms with van der Waals surface area (Å²) in [6.45, 7) is 0. The van der Waals surface area contributed by atoms with Crippen molar-refractivity contribution in [3.8, 4) is 22.5 Å². The van der Waals surface area contributed by atoms with E-state index in [9.17, 15) is 4.79 Å². The summed E-state index contributed by atoms with van der Waals surface area (Å²) >= 11 is 0. The van der Waals surface area contributed by atoms with Crippen LogP contribution in [-0.2, 0) is 7.05 Å². The fourth-order valence-electron chi connectivity index (χ4n) is 3.57. The zero-order chi connectivity index (χ0) is 21.4. The number of rotatable bonds is 5. The molecule has 5 aromatic rings. The van der Waals surface area contributed by atoms with Gasteiger partial charge >= 0.3 is 0 Å². The summed E-state index contributed by atoms with van der Waals surface area (Å²) in [5.41, 5.74) is 3.89. The Morgan fingerprint density at radius 2 is 1.94 bits per heavy atom. The molecule has 0 bridgehead atoms. The number of aryl methyl sites for hydroxylation is 1. The number of anilines is 2. The molecule has 5 rings (SSSR count). The SMILES string of the molecule is Cn1c(C=O)cc2ccc(-c3nccc(Nc4ccc(-c5cn[nH]c5)cc4)n3)c(F)c21. The van der Waals surface area contributed by atoms with Crippen molar-refractivity contribution in [2.45, 2.75) is 0 Å². The van der Waals surface area contributed by atoms with Gasteiger partial charge in [-0.25, -0.2) is 14.4 Å². The fraction of sp³-hybridized carbons (Fsp3) is 0.0435. The van der Waals surface area contributed by atoms with Crippen molar-refractivity contribution in [1.82, 2.24) is 24.7 Å². The average molecular weight is 412 g/mol. The zero-order valence-electron chi connectivity index (χ0n) is 16.5. The van der Waals surface area contributed by atoms with E-state index in [1.807, 2.05) is 30.5 Å². The summed E-state index contributed by atoms with van der Waals surface area (Å²) in [4.78, 5) is 19.9. The predicted molar refractivity (Wildman–Crippen MR) is 117 cm³/mol. The Labute approximate surface area is 176 Å². The lowest BCUT2D eigenvalue weighted by molar-refractivity contribution is 0.111. The number of benzene rings is 2. The molecule has 2 aromatic carbocycles. The number of hydrogen-bond donors (Lipinski definition) is 2. The third kappa shape index (κ3) is 3.33. The van der Waals surface area contributed by atoms with Gasteiger partial charge < -0.3 is 9.88 Å². The molecular formula is C23H17FN6O. The highest BCUT2D eigenvalue weighted by Gasteiger charge is 2.16. The third-order valence-corrected chi connectivity index (χ3v) is 5.18. The van der Waals surface area contributed by atoms with Crippen LogP contribution in [0.3, 0.4) is 0 Å². The number of hydrogen-bond acceptors (Lipinski definition) is 5. The maximum atomic E-state index is 15.3. The lowest BCUT2D eigenvalue weighted by atomic mass is 10.1. The summed E-state index contributed by atoms with van der Waals surface area (Å²) < 4.78 is 16.8. The van der Waals surface area contributed by atoms with Gasteiger partial charge in [0.15, 0.2) is 17.9 Å². The first-order valence-electron chi connectivity index (χ1n) is 9.57. The predicted octanol–water partition coefficient (Wildman–Crippen LogP) is 4.72. The van der Waals surface area contributed by atoms with Crippen LogP contribution in [0.15, 0.2) is 67.1 Å². The van der Waals surface area contributed by atoms with Crippen molar-refractivity contribution in [2.24, 2.45) is 7.05 Å². The Morgan fingerprint density at radius 3 is 2.68 bits per heavy atom. The van der Waals surface area contributed by atoms with Crippen molar-refractivity contribution in [3.63, 3.8) is 0 Å². The van der Waals surface area contributed by atoms with E-state index in [1.165, 1.54) is 4.57 Å². The number of aromatic amines is 1. The van der Waals surface area contributed by atoms with Gasteiger partial charge in [-0.1, -0.05) is 18.2 Å². The van der Waals surface area contributed by atoms with Crippen molar-refractivity contribution in [1.29, 1.82) is 0 Å². The second kappa shape index (κ2) is 7.49. The van der Waals surface area contributed by atoms with E-state index in [0.717, 1.165) is 16.8 Å².